The molecule has 2 saturated heterocycles. The van der Waals surface area contributed by atoms with Crippen molar-refractivity contribution in [3.8, 4) is 0 Å². The van der Waals surface area contributed by atoms with E-state index in [1.54, 1.807) is 6.92 Å². The van der Waals surface area contributed by atoms with Crippen LogP contribution < -0.4 is 10.6 Å². The summed E-state index contributed by atoms with van der Waals surface area (Å²) in [5.74, 6) is -3.56. The van der Waals surface area contributed by atoms with Crippen molar-refractivity contribution in [1.82, 2.24) is 25.3 Å². The molecule has 0 aromatic rings. The second-order valence-electron chi connectivity index (χ2n) is 11.7. The molecule has 2 N–H and O–H groups in total. The smallest absolute Gasteiger partial charge is 0.308 e. The van der Waals surface area contributed by atoms with Gasteiger partial charge in [-0.05, 0) is 38.0 Å². The molecule has 42 heavy (non-hydrogen) atoms. The molecule has 2 aliphatic heterocycles. The van der Waals surface area contributed by atoms with Gasteiger partial charge in [0.2, 0.25) is 23.6 Å². The van der Waals surface area contributed by atoms with E-state index in [1.807, 2.05) is 27.7 Å². The minimum absolute atomic E-state index is 0.0566. The zero-order valence-corrected chi connectivity index (χ0v) is 26.2. The molecule has 12 heteroatoms. The molecule has 0 bridgehead atoms. The summed E-state index contributed by atoms with van der Waals surface area (Å²) in [6.45, 7) is 12.9. The largest absolute Gasteiger partial charge is 0.452 e. The molecule has 4 unspecified atom stereocenters. The van der Waals surface area contributed by atoms with Gasteiger partial charge in [0, 0.05) is 33.6 Å². The maximum Gasteiger partial charge on any atom is 0.308 e. The average Bonchev–Trinajstić information content (AvgIpc) is 2.96. The van der Waals surface area contributed by atoms with Crippen molar-refractivity contribution in [2.24, 2.45) is 11.8 Å². The molecule has 0 aromatic carbocycles. The predicted molar refractivity (Wildman–Crippen MR) is 157 cm³/mol. The van der Waals surface area contributed by atoms with Crippen molar-refractivity contribution in [1.29, 1.82) is 0 Å². The number of cyclic esters (lactones) is 1. The van der Waals surface area contributed by atoms with Crippen LogP contribution in [0, 0.1) is 11.8 Å². The number of esters is 1. The molecule has 5 amide bonds. The van der Waals surface area contributed by atoms with Gasteiger partial charge in [-0.25, -0.2) is 0 Å². The maximum absolute atomic E-state index is 14.0. The fourth-order valence-corrected chi connectivity index (χ4v) is 5.42. The van der Waals surface area contributed by atoms with Crippen molar-refractivity contribution < 1.29 is 33.5 Å². The third kappa shape index (κ3) is 8.32. The summed E-state index contributed by atoms with van der Waals surface area (Å²) < 4.78 is 5.49. The Morgan fingerprint density at radius 2 is 1.64 bits per heavy atom. The zero-order valence-electron chi connectivity index (χ0n) is 26.2. The van der Waals surface area contributed by atoms with E-state index in [0.29, 0.717) is 32.2 Å². The number of hydrogen-bond donors (Lipinski definition) is 2. The molecule has 0 aliphatic carbocycles. The number of piperidine rings is 1. The van der Waals surface area contributed by atoms with Crippen LogP contribution in [0.4, 0.5) is 0 Å². The first-order valence-corrected chi connectivity index (χ1v) is 15.0. The summed E-state index contributed by atoms with van der Waals surface area (Å²) >= 11 is 0. The Morgan fingerprint density at radius 3 is 2.24 bits per heavy atom. The first-order chi connectivity index (χ1) is 19.8. The number of rotatable bonds is 5. The minimum atomic E-state index is -1.17. The molecule has 2 fully saturated rings. The van der Waals surface area contributed by atoms with Crippen LogP contribution in [0.3, 0.4) is 0 Å². The van der Waals surface area contributed by atoms with Gasteiger partial charge < -0.3 is 30.1 Å². The fourth-order valence-electron chi connectivity index (χ4n) is 5.42. The van der Waals surface area contributed by atoms with Crippen LogP contribution in [0.5, 0.6) is 0 Å². The van der Waals surface area contributed by atoms with E-state index in [1.165, 1.54) is 34.9 Å². The van der Waals surface area contributed by atoms with E-state index in [2.05, 4.69) is 17.2 Å². The summed E-state index contributed by atoms with van der Waals surface area (Å²) in [6.07, 6.45) is 2.52. The van der Waals surface area contributed by atoms with Crippen LogP contribution in [-0.4, -0.2) is 108 Å². The van der Waals surface area contributed by atoms with Gasteiger partial charge in [0.25, 0.3) is 5.91 Å². The molecule has 6 atom stereocenters. The highest BCUT2D eigenvalue weighted by atomic mass is 16.5. The lowest BCUT2D eigenvalue weighted by molar-refractivity contribution is -0.163. The third-order valence-electron chi connectivity index (χ3n) is 8.38. The predicted octanol–water partition coefficient (Wildman–Crippen LogP) is 1.24. The van der Waals surface area contributed by atoms with Crippen molar-refractivity contribution in [2.45, 2.75) is 103 Å². The van der Waals surface area contributed by atoms with Crippen molar-refractivity contribution in [3.05, 3.63) is 12.7 Å². The number of likely N-dealkylation sites (N-methyl/N-ethyl adjacent to an activating group) is 2. The highest BCUT2D eigenvalue weighted by molar-refractivity contribution is 5.96. The summed E-state index contributed by atoms with van der Waals surface area (Å²) in [6, 6.07) is -3.59. The van der Waals surface area contributed by atoms with Gasteiger partial charge in [0.05, 0.1) is 6.42 Å². The monoisotopic (exact) mass is 591 g/mol. The van der Waals surface area contributed by atoms with E-state index in [-0.39, 0.29) is 31.2 Å². The molecular formula is C30H49N5O7. The highest BCUT2D eigenvalue weighted by Gasteiger charge is 2.41. The van der Waals surface area contributed by atoms with E-state index in [0.717, 1.165) is 0 Å². The van der Waals surface area contributed by atoms with Crippen molar-refractivity contribution in [3.63, 3.8) is 0 Å². The Labute approximate surface area is 249 Å². The first kappa shape index (κ1) is 34.8. The SMILES string of the molecule is C=CC[C@H]1OC(=O)CCNC(=O)C(C)N(C)C(=O)C(C(C)C)N(C)C(=O)C(C(C)CC)NC(=O)[C@@H]2CCCCN2C1=O. The molecule has 2 rings (SSSR count). The number of carbonyl (C=O) groups excluding carboxylic acids is 6. The molecule has 2 aliphatic rings. The lowest BCUT2D eigenvalue weighted by Crippen LogP contribution is -2.61. The number of ether oxygens (including phenoxy) is 1. The minimum Gasteiger partial charge on any atom is -0.452 e. The van der Waals surface area contributed by atoms with Gasteiger partial charge in [-0.2, -0.15) is 0 Å². The number of hydrogen-bond acceptors (Lipinski definition) is 7. The number of carbonyl (C=O) groups is 6. The van der Waals surface area contributed by atoms with Gasteiger partial charge in [0.1, 0.15) is 24.2 Å². The van der Waals surface area contributed by atoms with Crippen molar-refractivity contribution in [2.75, 3.05) is 27.2 Å². The van der Waals surface area contributed by atoms with Crippen LogP contribution in [0.15, 0.2) is 12.7 Å². The van der Waals surface area contributed by atoms with E-state index in [4.69, 9.17) is 4.74 Å². The molecule has 0 spiro atoms. The zero-order chi connectivity index (χ0) is 31.7. The molecule has 0 saturated carbocycles. The van der Waals surface area contributed by atoms with Gasteiger partial charge in [-0.3, -0.25) is 28.8 Å². The molecule has 2 heterocycles. The van der Waals surface area contributed by atoms with Crippen LogP contribution in [0.1, 0.15) is 73.1 Å². The Bertz CT molecular complexity index is 1030. The number of nitrogens with one attached hydrogen (secondary N) is 2. The number of fused-ring (bicyclic) bond motifs is 1. The summed E-state index contributed by atoms with van der Waals surface area (Å²) in [5, 5.41) is 5.54. The average molecular weight is 592 g/mol. The fraction of sp³-hybridized carbons (Fsp3) is 0.733. The quantitative estimate of drug-likeness (QED) is 0.361. The van der Waals surface area contributed by atoms with Gasteiger partial charge in [-0.15, -0.1) is 6.58 Å². The lowest BCUT2D eigenvalue weighted by Gasteiger charge is -2.39. The van der Waals surface area contributed by atoms with Gasteiger partial charge in [0.15, 0.2) is 6.10 Å². The first-order valence-electron chi connectivity index (χ1n) is 15.0. The summed E-state index contributed by atoms with van der Waals surface area (Å²) in [7, 11) is 3.03. The topological polar surface area (TPSA) is 145 Å². The van der Waals surface area contributed by atoms with E-state index >= 15 is 0 Å². The second kappa shape index (κ2) is 15.7. The molecule has 0 aromatic heterocycles. The summed E-state index contributed by atoms with van der Waals surface area (Å²) in [5.41, 5.74) is 0. The van der Waals surface area contributed by atoms with E-state index < -0.39 is 65.8 Å². The van der Waals surface area contributed by atoms with Crippen LogP contribution in [0.25, 0.3) is 0 Å². The highest BCUT2D eigenvalue weighted by Crippen LogP contribution is 2.23. The van der Waals surface area contributed by atoms with Crippen LogP contribution in [-0.2, 0) is 33.5 Å². The molecule has 0 radical (unpaired) electrons. The molecular weight excluding hydrogens is 542 g/mol. The normalized spacial score (nSPS) is 28.7. The standard InChI is InChI=1S/C30H49N5O7/c1-9-13-22-28(39)35-17-12-11-14-21(35)27(38)32-24(19(5)10-2)29(40)34(8)25(18(3)4)30(41)33(7)20(6)26(37)31-16-15-23(36)42-22/h9,18-22,24-25H,1,10-17H2,2-8H3,(H,31,37)(H,32,38)/t19?,20?,21-,22+,24?,25?/m0/s1. The number of amides is 5. The Kier molecular flexibility index (Phi) is 13.0. The van der Waals surface area contributed by atoms with Gasteiger partial charge >= 0.3 is 5.97 Å². The Hall–Kier alpha value is -3.44. The maximum atomic E-state index is 14.0. The van der Waals surface area contributed by atoms with Crippen LogP contribution >= 0.6 is 0 Å². The molecule has 12 nitrogen and oxygen atoms in total. The lowest BCUT2D eigenvalue weighted by atomic mass is 9.93. The van der Waals surface area contributed by atoms with Crippen LogP contribution in [0.2, 0.25) is 0 Å². The third-order valence-corrected chi connectivity index (χ3v) is 8.38. The Balaban J connectivity index is 2.56. The van der Waals surface area contributed by atoms with Crippen molar-refractivity contribution >= 4 is 35.5 Å². The Morgan fingerprint density at radius 1 is 0.976 bits per heavy atom. The number of nitrogens with zero attached hydrogens (tertiary/aromatic N) is 3. The van der Waals surface area contributed by atoms with Gasteiger partial charge in [-0.1, -0.05) is 40.2 Å². The molecule has 236 valence electrons. The van der Waals surface area contributed by atoms with E-state index in [9.17, 15) is 28.8 Å². The summed E-state index contributed by atoms with van der Waals surface area (Å²) in [4.78, 5) is 84.5. The second-order valence-corrected chi connectivity index (χ2v) is 11.7.